The van der Waals surface area contributed by atoms with E-state index in [4.69, 9.17) is 4.42 Å². The summed E-state index contributed by atoms with van der Waals surface area (Å²) in [5.74, 6) is 0.403. The number of nitrogens with zero attached hydrogens (tertiary/aromatic N) is 2. The lowest BCUT2D eigenvalue weighted by atomic mass is 9.96. The van der Waals surface area contributed by atoms with Gasteiger partial charge < -0.3 is 4.42 Å². The quantitative estimate of drug-likeness (QED) is 0.534. The Kier molecular flexibility index (Phi) is 2.51. The predicted molar refractivity (Wildman–Crippen MR) is 80.3 cm³/mol. The third kappa shape index (κ3) is 1.51. The summed E-state index contributed by atoms with van der Waals surface area (Å²) in [6.07, 6.45) is 1.53. The van der Waals surface area contributed by atoms with Gasteiger partial charge in [-0.2, -0.15) is 5.26 Å². The zero-order chi connectivity index (χ0) is 15.3. The van der Waals surface area contributed by atoms with Gasteiger partial charge in [0.25, 0.3) is 0 Å². The van der Waals surface area contributed by atoms with Gasteiger partial charge in [0.1, 0.15) is 11.8 Å². The number of furan rings is 1. The minimum atomic E-state index is -0.110. The Morgan fingerprint density at radius 2 is 1.86 bits per heavy atom. The van der Waals surface area contributed by atoms with E-state index < -0.39 is 0 Å². The molecule has 0 fully saturated rings. The molecule has 0 aliphatic heterocycles. The largest absolute Gasteiger partial charge is 0.464 e. The molecular formula is C18H10N2O2. The molecule has 1 aromatic carbocycles. The fourth-order valence-corrected chi connectivity index (χ4v) is 2.95. The highest BCUT2D eigenvalue weighted by molar-refractivity contribution is 6.24. The Morgan fingerprint density at radius 3 is 2.55 bits per heavy atom. The molecule has 0 saturated heterocycles. The van der Waals surface area contributed by atoms with E-state index in [0.29, 0.717) is 39.4 Å². The van der Waals surface area contributed by atoms with Crippen LogP contribution < -0.4 is 0 Å². The number of aromatic nitrogens is 1. The molecule has 2 aromatic heterocycles. The highest BCUT2D eigenvalue weighted by Crippen LogP contribution is 2.42. The third-order valence-corrected chi connectivity index (χ3v) is 3.91. The van der Waals surface area contributed by atoms with Crippen molar-refractivity contribution >= 4 is 5.78 Å². The molecule has 3 aromatic rings. The Morgan fingerprint density at radius 1 is 1.09 bits per heavy atom. The van der Waals surface area contributed by atoms with Gasteiger partial charge in [-0.05, 0) is 19.1 Å². The molecule has 22 heavy (non-hydrogen) atoms. The van der Waals surface area contributed by atoms with Gasteiger partial charge in [-0.1, -0.05) is 24.3 Å². The van der Waals surface area contributed by atoms with Crippen molar-refractivity contribution in [3.8, 4) is 28.7 Å². The van der Waals surface area contributed by atoms with Gasteiger partial charge in [0.15, 0.2) is 5.78 Å². The van der Waals surface area contributed by atoms with Crippen molar-refractivity contribution in [3.05, 3.63) is 65.0 Å². The van der Waals surface area contributed by atoms with E-state index in [2.05, 4.69) is 11.1 Å². The fraction of sp³-hybridized carbons (Fsp3) is 0.0556. The third-order valence-electron chi connectivity index (χ3n) is 3.91. The Bertz CT molecular complexity index is 963. The maximum absolute atomic E-state index is 12.8. The molecule has 0 atom stereocenters. The lowest BCUT2D eigenvalue weighted by Crippen LogP contribution is -2.03. The summed E-state index contributed by atoms with van der Waals surface area (Å²) in [4.78, 5) is 17.3. The monoisotopic (exact) mass is 286 g/mol. The number of aryl methyl sites for hydroxylation is 1. The van der Waals surface area contributed by atoms with E-state index in [9.17, 15) is 10.1 Å². The molecular weight excluding hydrogens is 276 g/mol. The van der Waals surface area contributed by atoms with Gasteiger partial charge in [0.2, 0.25) is 0 Å². The van der Waals surface area contributed by atoms with Crippen LogP contribution in [0.5, 0.6) is 0 Å². The number of ketones is 1. The van der Waals surface area contributed by atoms with E-state index in [-0.39, 0.29) is 5.78 Å². The first-order chi connectivity index (χ1) is 10.7. The van der Waals surface area contributed by atoms with Crippen molar-refractivity contribution < 1.29 is 9.21 Å². The summed E-state index contributed by atoms with van der Waals surface area (Å²) in [6, 6.07) is 13.0. The average Bonchev–Trinajstić information content (AvgIpc) is 3.15. The van der Waals surface area contributed by atoms with Crippen LogP contribution in [0.25, 0.3) is 22.6 Å². The number of fused-ring (bicyclic) bond motifs is 3. The summed E-state index contributed by atoms with van der Waals surface area (Å²) in [5, 5.41) is 9.49. The van der Waals surface area contributed by atoms with Gasteiger partial charge in [0.05, 0.1) is 34.3 Å². The van der Waals surface area contributed by atoms with E-state index >= 15 is 0 Å². The van der Waals surface area contributed by atoms with E-state index in [1.54, 1.807) is 25.1 Å². The fourth-order valence-electron chi connectivity index (χ4n) is 2.95. The molecule has 4 rings (SSSR count). The van der Waals surface area contributed by atoms with Crippen molar-refractivity contribution in [1.29, 1.82) is 5.26 Å². The molecule has 104 valence electrons. The van der Waals surface area contributed by atoms with Crippen molar-refractivity contribution in [2.24, 2.45) is 0 Å². The molecule has 0 amide bonds. The molecule has 0 bridgehead atoms. The number of rotatable bonds is 1. The van der Waals surface area contributed by atoms with Crippen LogP contribution in [-0.4, -0.2) is 10.8 Å². The minimum Gasteiger partial charge on any atom is -0.464 e. The number of benzene rings is 1. The number of nitriles is 1. The predicted octanol–water partition coefficient (Wildman–Crippen LogP) is 3.73. The van der Waals surface area contributed by atoms with E-state index in [0.717, 1.165) is 5.56 Å². The van der Waals surface area contributed by atoms with Crippen LogP contribution in [0.2, 0.25) is 0 Å². The van der Waals surface area contributed by atoms with Gasteiger partial charge in [-0.3, -0.25) is 9.78 Å². The van der Waals surface area contributed by atoms with Crippen LogP contribution in [0.15, 0.2) is 47.1 Å². The van der Waals surface area contributed by atoms with Crippen molar-refractivity contribution in [2.45, 2.75) is 6.92 Å². The van der Waals surface area contributed by atoms with Crippen LogP contribution in [0.1, 0.15) is 27.2 Å². The highest BCUT2D eigenvalue weighted by Gasteiger charge is 2.34. The molecule has 0 saturated carbocycles. The first kappa shape index (κ1) is 12.5. The number of hydrogen-bond acceptors (Lipinski definition) is 4. The standard InChI is InChI=1S/C18H10N2O2/c1-10-13(9-19)15(14-7-4-8-22-14)16-17(20-10)11-5-2-3-6-12(11)18(16)21/h2-8H,1H3. The zero-order valence-corrected chi connectivity index (χ0v) is 11.8. The molecule has 2 heterocycles. The van der Waals surface area contributed by atoms with Gasteiger partial charge in [-0.15, -0.1) is 0 Å². The zero-order valence-electron chi connectivity index (χ0n) is 11.8. The number of pyridine rings is 1. The van der Waals surface area contributed by atoms with Crippen molar-refractivity contribution in [3.63, 3.8) is 0 Å². The van der Waals surface area contributed by atoms with Gasteiger partial charge >= 0.3 is 0 Å². The summed E-state index contributed by atoms with van der Waals surface area (Å²) in [7, 11) is 0. The summed E-state index contributed by atoms with van der Waals surface area (Å²) in [6.45, 7) is 1.77. The normalized spacial score (nSPS) is 11.9. The van der Waals surface area contributed by atoms with Crippen LogP contribution in [0.4, 0.5) is 0 Å². The van der Waals surface area contributed by atoms with E-state index in [1.165, 1.54) is 6.26 Å². The molecule has 4 nitrogen and oxygen atoms in total. The lowest BCUT2D eigenvalue weighted by Gasteiger charge is -2.09. The summed E-state index contributed by atoms with van der Waals surface area (Å²) in [5.41, 5.74) is 4.03. The molecule has 1 aliphatic rings. The maximum atomic E-state index is 12.8. The second kappa shape index (κ2) is 4.40. The molecule has 0 spiro atoms. The van der Waals surface area contributed by atoms with Crippen LogP contribution in [0.3, 0.4) is 0 Å². The SMILES string of the molecule is Cc1nc2c(c(-c3ccco3)c1C#N)C(=O)c1ccccc1-2. The van der Waals surface area contributed by atoms with Crippen LogP contribution in [0, 0.1) is 18.3 Å². The smallest absolute Gasteiger partial charge is 0.196 e. The van der Waals surface area contributed by atoms with Crippen molar-refractivity contribution in [2.75, 3.05) is 0 Å². The molecule has 1 aliphatic carbocycles. The van der Waals surface area contributed by atoms with Gasteiger partial charge in [-0.25, -0.2) is 0 Å². The second-order valence-corrected chi connectivity index (χ2v) is 5.13. The molecule has 0 N–H and O–H groups in total. The van der Waals surface area contributed by atoms with Crippen LogP contribution >= 0.6 is 0 Å². The highest BCUT2D eigenvalue weighted by atomic mass is 16.3. The second-order valence-electron chi connectivity index (χ2n) is 5.13. The molecule has 0 unspecified atom stereocenters. The number of carbonyl (C=O) groups excluding carboxylic acids is 1. The van der Waals surface area contributed by atoms with Gasteiger partial charge in [0, 0.05) is 11.1 Å². The Labute approximate surface area is 126 Å². The topological polar surface area (TPSA) is 66.9 Å². The van der Waals surface area contributed by atoms with E-state index in [1.807, 2.05) is 18.2 Å². The van der Waals surface area contributed by atoms with Crippen LogP contribution in [-0.2, 0) is 0 Å². The van der Waals surface area contributed by atoms with Crippen molar-refractivity contribution in [1.82, 2.24) is 4.98 Å². The lowest BCUT2D eigenvalue weighted by molar-refractivity contribution is 0.104. The first-order valence-electron chi connectivity index (χ1n) is 6.85. The molecule has 0 radical (unpaired) electrons. The maximum Gasteiger partial charge on any atom is 0.196 e. The molecule has 4 heteroatoms. The first-order valence-corrected chi connectivity index (χ1v) is 6.85. The average molecular weight is 286 g/mol. The minimum absolute atomic E-state index is 0.110. The Balaban J connectivity index is 2.16. The Hall–Kier alpha value is -3.19. The summed E-state index contributed by atoms with van der Waals surface area (Å²) < 4.78 is 5.46. The summed E-state index contributed by atoms with van der Waals surface area (Å²) >= 11 is 0. The number of carbonyl (C=O) groups is 1. The number of hydrogen-bond donors (Lipinski definition) is 0.